The Hall–Kier alpha value is -2.70. The Bertz CT molecular complexity index is 602. The quantitative estimate of drug-likeness (QED) is 0.512. The van der Waals surface area contributed by atoms with Crippen molar-refractivity contribution in [1.82, 2.24) is 5.32 Å². The summed E-state index contributed by atoms with van der Waals surface area (Å²) in [6.45, 7) is 5.47. The molecule has 1 aromatic rings. The molecule has 0 unspecified atom stereocenters. The maximum atomic E-state index is 11.4. The van der Waals surface area contributed by atoms with Crippen molar-refractivity contribution in [2.45, 2.75) is 26.4 Å². The predicted octanol–water partition coefficient (Wildman–Crippen LogP) is 2.95. The summed E-state index contributed by atoms with van der Waals surface area (Å²) in [5.41, 5.74) is -0.0206. The van der Waals surface area contributed by atoms with Crippen LogP contribution in [0.15, 0.2) is 24.3 Å². The van der Waals surface area contributed by atoms with Gasteiger partial charge in [-0.3, -0.25) is 14.9 Å². The Morgan fingerprint density at radius 3 is 2.50 bits per heavy atom. The second-order valence-electron chi connectivity index (χ2n) is 5.52. The van der Waals surface area contributed by atoms with Crippen LogP contribution in [0.2, 0.25) is 0 Å². The maximum Gasteiger partial charge on any atom is 0.407 e. The van der Waals surface area contributed by atoms with Gasteiger partial charge < -0.3 is 10.1 Å². The van der Waals surface area contributed by atoms with Crippen LogP contribution < -0.4 is 5.32 Å². The average molecular weight is 306 g/mol. The first-order chi connectivity index (χ1) is 10.2. The van der Waals surface area contributed by atoms with Crippen molar-refractivity contribution in [3.05, 3.63) is 45.5 Å². The molecule has 0 aromatic heterocycles. The minimum Gasteiger partial charge on any atom is -0.444 e. The second kappa shape index (κ2) is 7.35. The molecule has 0 aliphatic rings. The van der Waals surface area contributed by atoms with E-state index in [1.165, 1.54) is 18.2 Å². The SMILES string of the molecule is CC(C)(C)OC(=O)NCC=Cc1cc(C=O)cc([N+](=O)[O-])c1. The zero-order valence-corrected chi connectivity index (χ0v) is 12.7. The van der Waals surface area contributed by atoms with E-state index in [2.05, 4.69) is 5.32 Å². The molecule has 0 atom stereocenters. The number of hydrogen-bond donors (Lipinski definition) is 1. The van der Waals surface area contributed by atoms with Gasteiger partial charge in [0.25, 0.3) is 5.69 Å². The number of carbonyl (C=O) groups is 2. The van der Waals surface area contributed by atoms with Crippen LogP contribution in [0.4, 0.5) is 10.5 Å². The first kappa shape index (κ1) is 17.4. The smallest absolute Gasteiger partial charge is 0.407 e. The van der Waals surface area contributed by atoms with Crippen molar-refractivity contribution in [3.8, 4) is 0 Å². The van der Waals surface area contributed by atoms with E-state index in [-0.39, 0.29) is 17.8 Å². The zero-order chi connectivity index (χ0) is 16.8. The lowest BCUT2D eigenvalue weighted by atomic mass is 10.1. The Morgan fingerprint density at radius 1 is 1.32 bits per heavy atom. The van der Waals surface area contributed by atoms with Crippen molar-refractivity contribution in [2.24, 2.45) is 0 Å². The van der Waals surface area contributed by atoms with Gasteiger partial charge in [-0.25, -0.2) is 4.79 Å². The number of ether oxygens (including phenoxy) is 1. The number of nitro benzene ring substituents is 1. The lowest BCUT2D eigenvalue weighted by molar-refractivity contribution is -0.384. The molecule has 0 bridgehead atoms. The number of hydrogen-bond acceptors (Lipinski definition) is 5. The second-order valence-corrected chi connectivity index (χ2v) is 5.52. The molecule has 0 heterocycles. The number of nitro groups is 1. The number of benzene rings is 1. The van der Waals surface area contributed by atoms with Crippen molar-refractivity contribution >= 4 is 24.1 Å². The molecule has 22 heavy (non-hydrogen) atoms. The number of non-ortho nitro benzene ring substituents is 1. The first-order valence-electron chi connectivity index (χ1n) is 6.59. The van der Waals surface area contributed by atoms with E-state index in [9.17, 15) is 19.7 Å². The highest BCUT2D eigenvalue weighted by Crippen LogP contribution is 2.17. The number of aldehydes is 1. The molecule has 0 aliphatic heterocycles. The lowest BCUT2D eigenvalue weighted by Gasteiger charge is -2.19. The molecule has 7 nitrogen and oxygen atoms in total. The van der Waals surface area contributed by atoms with Crippen LogP contribution in [0.3, 0.4) is 0 Å². The molecule has 118 valence electrons. The van der Waals surface area contributed by atoms with Crippen LogP contribution in [0, 0.1) is 10.1 Å². The Morgan fingerprint density at radius 2 is 1.95 bits per heavy atom. The molecule has 1 amide bonds. The third-order valence-electron chi connectivity index (χ3n) is 2.38. The topological polar surface area (TPSA) is 98.5 Å². The minimum atomic E-state index is -0.577. The standard InChI is InChI=1S/C15H18N2O5/c1-15(2,3)22-14(19)16-6-4-5-11-7-12(10-18)9-13(8-11)17(20)21/h4-5,7-10H,6H2,1-3H3,(H,16,19). The van der Waals surface area contributed by atoms with Gasteiger partial charge in [0.05, 0.1) is 4.92 Å². The van der Waals surface area contributed by atoms with Crippen LogP contribution in [0.1, 0.15) is 36.7 Å². The summed E-state index contributed by atoms with van der Waals surface area (Å²) < 4.78 is 5.06. The van der Waals surface area contributed by atoms with Gasteiger partial charge in [-0.05, 0) is 32.4 Å². The van der Waals surface area contributed by atoms with E-state index in [1.807, 2.05) is 0 Å². The highest BCUT2D eigenvalue weighted by molar-refractivity contribution is 5.78. The number of carbonyl (C=O) groups excluding carboxylic acids is 2. The van der Waals surface area contributed by atoms with Gasteiger partial charge >= 0.3 is 6.09 Å². The molecule has 0 fully saturated rings. The fourth-order valence-corrected chi connectivity index (χ4v) is 1.58. The van der Waals surface area contributed by atoms with Gasteiger partial charge in [0.15, 0.2) is 0 Å². The molecule has 0 spiro atoms. The van der Waals surface area contributed by atoms with Gasteiger partial charge in [0.2, 0.25) is 0 Å². The van der Waals surface area contributed by atoms with Crippen LogP contribution in [-0.2, 0) is 4.74 Å². The summed E-state index contributed by atoms with van der Waals surface area (Å²) in [7, 11) is 0. The summed E-state index contributed by atoms with van der Waals surface area (Å²) >= 11 is 0. The van der Waals surface area contributed by atoms with Crippen LogP contribution in [0.25, 0.3) is 6.08 Å². The molecule has 7 heteroatoms. The van der Waals surface area contributed by atoms with Gasteiger partial charge in [-0.15, -0.1) is 0 Å². The van der Waals surface area contributed by atoms with E-state index < -0.39 is 16.6 Å². The van der Waals surface area contributed by atoms with E-state index in [1.54, 1.807) is 32.9 Å². The van der Waals surface area contributed by atoms with Crippen molar-refractivity contribution in [2.75, 3.05) is 6.54 Å². The molecule has 0 aliphatic carbocycles. The minimum absolute atomic E-state index is 0.163. The maximum absolute atomic E-state index is 11.4. The Kier molecular flexibility index (Phi) is 5.80. The van der Waals surface area contributed by atoms with E-state index in [0.717, 1.165) is 0 Å². The van der Waals surface area contributed by atoms with Gasteiger partial charge in [-0.1, -0.05) is 12.2 Å². The highest BCUT2D eigenvalue weighted by atomic mass is 16.6. The van der Waals surface area contributed by atoms with Crippen LogP contribution in [0.5, 0.6) is 0 Å². The van der Waals surface area contributed by atoms with E-state index >= 15 is 0 Å². The van der Waals surface area contributed by atoms with Crippen molar-refractivity contribution < 1.29 is 19.2 Å². The Labute approximate surface area is 128 Å². The van der Waals surface area contributed by atoms with E-state index in [4.69, 9.17) is 4.74 Å². The third kappa shape index (κ3) is 6.17. The summed E-state index contributed by atoms with van der Waals surface area (Å²) in [6.07, 6.45) is 3.18. The lowest BCUT2D eigenvalue weighted by Crippen LogP contribution is -2.32. The fraction of sp³-hybridized carbons (Fsp3) is 0.333. The largest absolute Gasteiger partial charge is 0.444 e. The molecule has 0 radical (unpaired) electrons. The summed E-state index contributed by atoms with van der Waals surface area (Å²) in [5.74, 6) is 0. The number of alkyl carbamates (subject to hydrolysis) is 1. The first-order valence-corrected chi connectivity index (χ1v) is 6.59. The van der Waals surface area contributed by atoms with Crippen molar-refractivity contribution in [1.29, 1.82) is 0 Å². The van der Waals surface area contributed by atoms with Crippen molar-refractivity contribution in [3.63, 3.8) is 0 Å². The monoisotopic (exact) mass is 306 g/mol. The van der Waals surface area contributed by atoms with Gasteiger partial charge in [-0.2, -0.15) is 0 Å². The molecular formula is C15H18N2O5. The molecule has 1 N–H and O–H groups in total. The number of nitrogens with one attached hydrogen (secondary N) is 1. The van der Waals surface area contributed by atoms with Crippen LogP contribution in [-0.4, -0.2) is 29.4 Å². The number of rotatable bonds is 5. The molecule has 1 rings (SSSR count). The van der Waals surface area contributed by atoms with Gasteiger partial charge in [0.1, 0.15) is 11.9 Å². The third-order valence-corrected chi connectivity index (χ3v) is 2.38. The zero-order valence-electron chi connectivity index (χ0n) is 12.7. The average Bonchev–Trinajstić information content (AvgIpc) is 2.41. The highest BCUT2D eigenvalue weighted by Gasteiger charge is 2.15. The molecule has 0 saturated heterocycles. The predicted molar refractivity (Wildman–Crippen MR) is 81.8 cm³/mol. The van der Waals surface area contributed by atoms with Gasteiger partial charge in [0, 0.05) is 24.2 Å². The summed E-state index contributed by atoms with van der Waals surface area (Å²) in [4.78, 5) is 32.4. The normalized spacial score (nSPS) is 11.2. The Balaban J connectivity index is 2.67. The van der Waals surface area contributed by atoms with Crippen LogP contribution >= 0.6 is 0 Å². The van der Waals surface area contributed by atoms with E-state index in [0.29, 0.717) is 11.8 Å². The number of amides is 1. The summed E-state index contributed by atoms with van der Waals surface area (Å²) in [6, 6.07) is 4.06. The molecule has 0 saturated carbocycles. The summed E-state index contributed by atoms with van der Waals surface area (Å²) in [5, 5.41) is 13.3. The number of nitrogens with zero attached hydrogens (tertiary/aromatic N) is 1. The molecule has 1 aromatic carbocycles. The fourth-order valence-electron chi connectivity index (χ4n) is 1.58. The molecular weight excluding hydrogens is 288 g/mol.